The first-order valence-electron chi connectivity index (χ1n) is 13.3. The minimum absolute atomic E-state index is 0.0295. The number of nitrogens with one attached hydrogen (secondary N) is 3. The second kappa shape index (κ2) is 12.7. The Kier molecular flexibility index (Phi) is 9.00. The number of rotatable bonds is 8. The Morgan fingerprint density at radius 1 is 1.26 bits per heavy atom. The number of alkyl halides is 4. The van der Waals surface area contributed by atoms with Crippen LogP contribution in [0.5, 0.6) is 5.75 Å². The normalized spacial score (nSPS) is 19.5. The fourth-order valence-electron chi connectivity index (χ4n) is 4.73. The predicted molar refractivity (Wildman–Crippen MR) is 152 cm³/mol. The van der Waals surface area contributed by atoms with Gasteiger partial charge in [0.25, 0.3) is 5.91 Å². The van der Waals surface area contributed by atoms with Crippen molar-refractivity contribution in [2.24, 2.45) is 0 Å². The predicted octanol–water partition coefficient (Wildman–Crippen LogP) is 4.00. The van der Waals surface area contributed by atoms with Crippen LogP contribution in [0.3, 0.4) is 0 Å². The van der Waals surface area contributed by atoms with Gasteiger partial charge in [-0.3, -0.25) is 14.1 Å². The maximum Gasteiger partial charge on any atom is 0.447 e. The van der Waals surface area contributed by atoms with Gasteiger partial charge in [0.2, 0.25) is 0 Å². The summed E-state index contributed by atoms with van der Waals surface area (Å²) in [5, 5.41) is 8.61. The lowest BCUT2D eigenvalue weighted by molar-refractivity contribution is -0.0330. The summed E-state index contributed by atoms with van der Waals surface area (Å²) in [7, 11) is 3.51. The summed E-state index contributed by atoms with van der Waals surface area (Å²) in [4.78, 5) is 18.6. The van der Waals surface area contributed by atoms with Gasteiger partial charge in [-0.1, -0.05) is 5.92 Å². The molecule has 0 saturated carbocycles. The Bertz CT molecular complexity index is 1500. The highest BCUT2D eigenvalue weighted by molar-refractivity contribution is 8.00. The van der Waals surface area contributed by atoms with Gasteiger partial charge < -0.3 is 25.4 Å². The quantitative estimate of drug-likeness (QED) is 0.202. The van der Waals surface area contributed by atoms with E-state index in [1.165, 1.54) is 17.6 Å². The highest BCUT2D eigenvalue weighted by Crippen LogP contribution is 2.39. The van der Waals surface area contributed by atoms with E-state index in [9.17, 15) is 22.4 Å². The Morgan fingerprint density at radius 3 is 2.79 bits per heavy atom. The van der Waals surface area contributed by atoms with Gasteiger partial charge >= 0.3 is 5.51 Å². The number of pyridine rings is 1. The van der Waals surface area contributed by atoms with E-state index in [-0.39, 0.29) is 53.3 Å². The maximum absolute atomic E-state index is 14.4. The molecule has 4 heterocycles. The van der Waals surface area contributed by atoms with Crippen molar-refractivity contribution in [1.82, 2.24) is 19.6 Å². The zero-order valence-electron chi connectivity index (χ0n) is 22.9. The minimum atomic E-state index is -4.58. The van der Waals surface area contributed by atoms with Crippen molar-refractivity contribution < 1.29 is 31.8 Å². The van der Waals surface area contributed by atoms with Crippen molar-refractivity contribution in [3.8, 4) is 17.6 Å². The van der Waals surface area contributed by atoms with Gasteiger partial charge in [-0.05, 0) is 49.7 Å². The summed E-state index contributed by atoms with van der Waals surface area (Å²) in [6.07, 6.45) is 0.599. The molecule has 5 rings (SSSR count). The van der Waals surface area contributed by atoms with E-state index >= 15 is 0 Å². The summed E-state index contributed by atoms with van der Waals surface area (Å²) < 4.78 is 67.5. The van der Waals surface area contributed by atoms with Gasteiger partial charge in [0.05, 0.1) is 30.6 Å². The molecule has 2 aliphatic rings. The molecule has 1 aromatic carbocycles. The molecular weight excluding hydrogens is 576 g/mol. The van der Waals surface area contributed by atoms with Crippen LogP contribution in [0.2, 0.25) is 0 Å². The van der Waals surface area contributed by atoms with Crippen molar-refractivity contribution >= 4 is 34.7 Å². The highest BCUT2D eigenvalue weighted by atomic mass is 32.2. The van der Waals surface area contributed by atoms with Crippen LogP contribution in [0.1, 0.15) is 22.5 Å². The molecule has 14 heteroatoms. The monoisotopic (exact) mass is 606 g/mol. The van der Waals surface area contributed by atoms with Gasteiger partial charge in [-0.15, -0.1) is 0 Å². The first-order valence-corrected chi connectivity index (χ1v) is 14.1. The number of likely N-dealkylation sites (tertiary alicyclic amines) is 1. The molecule has 2 fully saturated rings. The molecule has 2 saturated heterocycles. The molecular formula is C28H30F4N6O3S. The van der Waals surface area contributed by atoms with E-state index < -0.39 is 17.7 Å². The van der Waals surface area contributed by atoms with Gasteiger partial charge in [-0.2, -0.15) is 13.2 Å². The number of aromatic nitrogens is 2. The summed E-state index contributed by atoms with van der Waals surface area (Å²) in [5.74, 6) is 5.84. The van der Waals surface area contributed by atoms with E-state index in [0.29, 0.717) is 35.7 Å². The van der Waals surface area contributed by atoms with Gasteiger partial charge in [0.15, 0.2) is 5.65 Å². The molecule has 1 amide bonds. The number of hydrogen-bond donors (Lipinski definition) is 3. The van der Waals surface area contributed by atoms with Gasteiger partial charge in [0, 0.05) is 50.3 Å². The number of carbonyl (C=O) groups is 1. The molecule has 3 N–H and O–H groups in total. The topological polar surface area (TPSA) is 92.2 Å². The average Bonchev–Trinajstić information content (AvgIpc) is 3.28. The summed E-state index contributed by atoms with van der Waals surface area (Å²) in [6.45, 7) is 1.89. The lowest BCUT2D eigenvalue weighted by Crippen LogP contribution is -2.51. The lowest BCUT2D eigenvalue weighted by atomic mass is 10.1. The molecule has 2 atom stereocenters. The van der Waals surface area contributed by atoms with Gasteiger partial charge in [0.1, 0.15) is 28.7 Å². The van der Waals surface area contributed by atoms with Crippen LogP contribution in [-0.4, -0.2) is 91.0 Å². The van der Waals surface area contributed by atoms with Crippen molar-refractivity contribution in [3.05, 3.63) is 47.8 Å². The molecule has 0 spiro atoms. The lowest BCUT2D eigenvalue weighted by Gasteiger charge is -2.36. The van der Waals surface area contributed by atoms with Crippen molar-refractivity contribution in [2.45, 2.75) is 35.3 Å². The van der Waals surface area contributed by atoms with E-state index in [4.69, 9.17) is 9.47 Å². The molecule has 0 radical (unpaired) electrons. The number of imidazole rings is 1. The number of halogens is 4. The van der Waals surface area contributed by atoms with E-state index in [1.807, 2.05) is 7.05 Å². The molecule has 42 heavy (non-hydrogen) atoms. The molecule has 2 aliphatic heterocycles. The van der Waals surface area contributed by atoms with Crippen LogP contribution in [0.25, 0.3) is 5.65 Å². The molecule has 2 aromatic heterocycles. The number of thioether (sulfide) groups is 1. The number of fused-ring (bicyclic) bond motifs is 1. The van der Waals surface area contributed by atoms with Gasteiger partial charge in [-0.25, -0.2) is 9.37 Å². The van der Waals surface area contributed by atoms with E-state index in [2.05, 4.69) is 37.7 Å². The molecule has 0 aliphatic carbocycles. The zero-order valence-corrected chi connectivity index (χ0v) is 23.7. The highest BCUT2D eigenvalue weighted by Gasteiger charge is 2.33. The van der Waals surface area contributed by atoms with Crippen molar-refractivity contribution in [2.75, 3.05) is 57.6 Å². The molecule has 3 aromatic rings. The van der Waals surface area contributed by atoms with E-state index in [1.54, 1.807) is 30.3 Å². The van der Waals surface area contributed by atoms with E-state index in [0.717, 1.165) is 13.1 Å². The first-order chi connectivity index (χ1) is 20.1. The van der Waals surface area contributed by atoms with Crippen LogP contribution in [0.4, 0.5) is 28.9 Å². The van der Waals surface area contributed by atoms with Crippen molar-refractivity contribution in [3.63, 3.8) is 0 Å². The smallest absolute Gasteiger partial charge is 0.447 e. The van der Waals surface area contributed by atoms with Crippen LogP contribution in [0.15, 0.2) is 41.6 Å². The van der Waals surface area contributed by atoms with Crippen LogP contribution < -0.4 is 20.7 Å². The van der Waals surface area contributed by atoms with Crippen LogP contribution >= 0.6 is 11.8 Å². The standard InChI is InChI=1S/C28H30F4N6O3S/c1-33-26(39)17-7-8-21(24(13-17)41-18-14-37(2)15-18)34-10-3-5-23-27(42-28(30,31)32)38-11-4-6-22(25(38)36-23)35-20-9-12-40-16-19(20)29/h4,6-8,11,13,18-20,34-35H,9-10,12,14-16H2,1-2H3,(H,33,39)/t19-,20+/m0/s1. The number of benzene rings is 1. The average molecular weight is 607 g/mol. The Morgan fingerprint density at radius 2 is 2.07 bits per heavy atom. The number of amides is 1. The Labute approximate surface area is 244 Å². The second-order valence-corrected chi connectivity index (χ2v) is 11.0. The molecule has 0 bridgehead atoms. The Hall–Kier alpha value is -3.67. The Balaban J connectivity index is 1.38. The van der Waals surface area contributed by atoms with Crippen LogP contribution in [0, 0.1) is 11.8 Å². The fraction of sp³-hybridized carbons (Fsp3) is 0.429. The number of hydrogen-bond acceptors (Lipinski definition) is 8. The molecule has 9 nitrogen and oxygen atoms in total. The second-order valence-electron chi connectivity index (χ2n) is 9.97. The molecule has 0 unspecified atom stereocenters. The van der Waals surface area contributed by atoms with Crippen molar-refractivity contribution in [1.29, 1.82) is 0 Å². The fourth-order valence-corrected chi connectivity index (χ4v) is 5.39. The number of carbonyl (C=O) groups excluding carboxylic acids is 1. The number of ether oxygens (including phenoxy) is 2. The summed E-state index contributed by atoms with van der Waals surface area (Å²) >= 11 is -0.308. The third-order valence-corrected chi connectivity index (χ3v) is 7.63. The third-order valence-electron chi connectivity index (χ3n) is 6.82. The summed E-state index contributed by atoms with van der Waals surface area (Å²) in [6, 6.07) is 7.66. The third kappa shape index (κ3) is 7.03. The number of anilines is 2. The number of nitrogens with zero attached hydrogens (tertiary/aromatic N) is 3. The summed E-state index contributed by atoms with van der Waals surface area (Å²) in [5.41, 5.74) is -2.99. The minimum Gasteiger partial charge on any atom is -0.486 e. The first kappa shape index (κ1) is 29.8. The zero-order chi connectivity index (χ0) is 29.9. The molecule has 224 valence electrons. The largest absolute Gasteiger partial charge is 0.486 e. The number of likely N-dealkylation sites (N-methyl/N-ethyl adjacent to an activating group) is 1. The maximum atomic E-state index is 14.4. The van der Waals surface area contributed by atoms with Crippen LogP contribution in [-0.2, 0) is 4.74 Å². The SMILES string of the molecule is CNC(=O)c1ccc(NCC#Cc2nc3c(N[C@@H]4CCOC[C@@H]4F)cccn3c2SC(F)(F)F)c(OC2CN(C)C2)c1.